The highest BCUT2D eigenvalue weighted by Gasteiger charge is 2.22. The summed E-state index contributed by atoms with van der Waals surface area (Å²) >= 11 is 6.85. The van der Waals surface area contributed by atoms with Crippen molar-refractivity contribution >= 4 is 80.0 Å². The molecule has 89 heavy (non-hydrogen) atoms. The number of rotatable bonds is 55. The van der Waals surface area contributed by atoms with Gasteiger partial charge in [-0.3, -0.25) is 0 Å². The van der Waals surface area contributed by atoms with Gasteiger partial charge in [-0.2, -0.15) is 0 Å². The Morgan fingerprint density at radius 1 is 0.281 bits per heavy atom. The van der Waals surface area contributed by atoms with E-state index in [-0.39, 0.29) is 99.4 Å². The van der Waals surface area contributed by atoms with Crippen molar-refractivity contribution in [3.05, 3.63) is 89.9 Å². The Morgan fingerprint density at radius 3 is 0.831 bits per heavy atom. The van der Waals surface area contributed by atoms with Crippen LogP contribution in [0.1, 0.15) is 63.7 Å². The van der Waals surface area contributed by atoms with E-state index in [9.17, 15) is 19.2 Å². The van der Waals surface area contributed by atoms with Crippen LogP contribution in [0.2, 0.25) is 0 Å². The normalized spacial score (nSPS) is 11.5. The molecule has 0 saturated heterocycles. The van der Waals surface area contributed by atoms with Crippen molar-refractivity contribution in [3.63, 3.8) is 0 Å². The summed E-state index contributed by atoms with van der Waals surface area (Å²) < 4.78 is 115. The van der Waals surface area contributed by atoms with Gasteiger partial charge in [-0.15, -0.1) is 0 Å². The van der Waals surface area contributed by atoms with Gasteiger partial charge >= 0.3 is 23.9 Å². The van der Waals surface area contributed by atoms with Crippen LogP contribution in [0.15, 0.2) is 45.3 Å². The van der Waals surface area contributed by atoms with E-state index in [0.717, 1.165) is 0 Å². The Hall–Kier alpha value is -5.02. The first kappa shape index (κ1) is 78.2. The quantitative estimate of drug-likeness (QED) is 0.0239. The number of hydrogen-bond acceptors (Lipinski definition) is 25. The molecule has 0 N–H and O–H groups in total. The van der Waals surface area contributed by atoms with Crippen molar-refractivity contribution in [2.75, 3.05) is 241 Å². The Balaban J connectivity index is 1.50. The molecular weight excluding hydrogens is 1300 g/mol. The summed E-state index contributed by atoms with van der Waals surface area (Å²) in [6.45, 7) is 9.87. The Bertz CT molecular complexity index is 2490. The number of benzene rings is 3. The molecule has 0 radical (unpaired) electrons. The molecule has 3 aromatic carbocycles. The molecule has 25 nitrogen and oxygen atoms in total. The molecule has 500 valence electrons. The van der Waals surface area contributed by atoms with Gasteiger partial charge in [0.25, 0.3) is 0 Å². The zero-order valence-corrected chi connectivity index (χ0v) is 55.1. The van der Waals surface area contributed by atoms with Crippen molar-refractivity contribution in [1.82, 2.24) is 0 Å². The van der Waals surface area contributed by atoms with Gasteiger partial charge < -0.3 is 99.5 Å². The lowest BCUT2D eigenvalue weighted by Gasteiger charge is -2.15. The SMILES string of the molecule is COCCOCCOCCOCCOCCOCCOCCOCCOCCOCCOCCOC(=O)c1cc(/C=C/c2cc(OC)c(/C=C/c3cc(C(=O)OCCOC)c(Br)cc3C(=O)OCCOC)cc2OCCOC)c(C(=O)OCCOC)cc1Br. The molecule has 0 heterocycles. The Kier molecular flexibility index (Phi) is 45.3. The molecule has 0 bridgehead atoms. The molecule has 0 unspecified atom stereocenters. The first-order chi connectivity index (χ1) is 43.5. The molecule has 0 aliphatic heterocycles. The van der Waals surface area contributed by atoms with Gasteiger partial charge in [-0.05, 0) is 79.4 Å². The smallest absolute Gasteiger partial charge is 0.339 e. The lowest BCUT2D eigenvalue weighted by molar-refractivity contribution is -0.0276. The molecule has 3 aromatic rings. The van der Waals surface area contributed by atoms with Crippen LogP contribution in [0.4, 0.5) is 0 Å². The minimum absolute atomic E-state index is 0.00371. The zero-order valence-electron chi connectivity index (χ0n) is 51.9. The summed E-state index contributed by atoms with van der Waals surface area (Å²) in [5, 5.41) is 0. The van der Waals surface area contributed by atoms with Crippen LogP contribution in [0.5, 0.6) is 11.5 Å². The molecule has 0 atom stereocenters. The predicted octanol–water partition coefficient (Wildman–Crippen LogP) is 6.97. The summed E-state index contributed by atoms with van der Waals surface area (Å²) in [5.74, 6) is -1.88. The average molecular weight is 1390 g/mol. The molecule has 0 aliphatic rings. The monoisotopic (exact) mass is 1390 g/mol. The molecule has 0 spiro atoms. The van der Waals surface area contributed by atoms with Crippen molar-refractivity contribution in [3.8, 4) is 11.5 Å². The molecule has 0 aliphatic carbocycles. The summed E-state index contributed by atoms with van der Waals surface area (Å²) in [6, 6.07) is 9.41. The van der Waals surface area contributed by atoms with Gasteiger partial charge in [-0.25, -0.2) is 19.2 Å². The van der Waals surface area contributed by atoms with Gasteiger partial charge in [0, 0.05) is 55.6 Å². The number of hydrogen-bond donors (Lipinski definition) is 0. The number of halogens is 2. The first-order valence-corrected chi connectivity index (χ1v) is 30.4. The predicted molar refractivity (Wildman–Crippen MR) is 333 cm³/mol. The minimum atomic E-state index is -0.676. The Labute approximate surface area is 538 Å². The van der Waals surface area contributed by atoms with E-state index >= 15 is 0 Å². The third-order valence-electron chi connectivity index (χ3n) is 11.8. The molecular formula is C62H88Br2O25. The van der Waals surface area contributed by atoms with Gasteiger partial charge in [0.2, 0.25) is 0 Å². The van der Waals surface area contributed by atoms with Crippen LogP contribution < -0.4 is 9.47 Å². The number of methoxy groups -OCH3 is 6. The van der Waals surface area contributed by atoms with Crippen LogP contribution in [0.25, 0.3) is 24.3 Å². The second-order valence-electron chi connectivity index (χ2n) is 18.1. The second kappa shape index (κ2) is 51.6. The number of carbonyl (C=O) groups is 4. The lowest BCUT2D eigenvalue weighted by Crippen LogP contribution is -2.16. The van der Waals surface area contributed by atoms with Gasteiger partial charge in [0.05, 0.1) is 195 Å². The van der Waals surface area contributed by atoms with E-state index in [1.54, 1.807) is 50.7 Å². The fraction of sp³-hybridized carbons (Fsp3) is 0.581. The summed E-state index contributed by atoms with van der Waals surface area (Å²) in [7, 11) is 9.12. The van der Waals surface area contributed by atoms with Crippen molar-refractivity contribution in [2.45, 2.75) is 0 Å². The van der Waals surface area contributed by atoms with E-state index in [0.29, 0.717) is 164 Å². The molecule has 0 amide bonds. The summed E-state index contributed by atoms with van der Waals surface area (Å²) in [5.41, 5.74) is 2.25. The maximum atomic E-state index is 13.5. The highest BCUT2D eigenvalue weighted by atomic mass is 79.9. The maximum absolute atomic E-state index is 13.5. The second-order valence-corrected chi connectivity index (χ2v) is 19.8. The highest BCUT2D eigenvalue weighted by Crippen LogP contribution is 2.34. The third-order valence-corrected chi connectivity index (χ3v) is 13.1. The van der Waals surface area contributed by atoms with Crippen molar-refractivity contribution in [1.29, 1.82) is 0 Å². The van der Waals surface area contributed by atoms with Gasteiger partial charge in [0.1, 0.15) is 44.5 Å². The van der Waals surface area contributed by atoms with Crippen LogP contribution >= 0.6 is 31.9 Å². The van der Waals surface area contributed by atoms with E-state index in [2.05, 4.69) is 31.9 Å². The zero-order chi connectivity index (χ0) is 64.4. The topological polar surface area (TPSA) is 262 Å². The standard InChI is InChI=1S/C62H88Br2O25/c1-69-11-16-75-17-18-76-19-20-77-21-22-78-23-24-79-25-26-80-27-28-81-29-30-82-31-32-83-33-34-84-35-40-89-62(68)54-42-48(52(46-56(54)64)60(66)87-38-14-72-4)8-10-50-43-57(74-6)49(44-58(50)85-36-12-70-2)9-7-47-41-53(61(67)88-39-15-73-5)55(63)45-51(47)59(65)86-37-13-71-3/h7-10,41-46H,11-40H2,1-6H3/b9-7+,10-8+. The van der Waals surface area contributed by atoms with E-state index in [1.807, 2.05) is 0 Å². The third kappa shape index (κ3) is 34.3. The molecule has 0 fully saturated rings. The lowest BCUT2D eigenvalue weighted by atomic mass is 10.00. The van der Waals surface area contributed by atoms with Crippen molar-refractivity contribution in [2.24, 2.45) is 0 Å². The van der Waals surface area contributed by atoms with E-state index < -0.39 is 23.9 Å². The van der Waals surface area contributed by atoms with Crippen LogP contribution in [-0.4, -0.2) is 265 Å². The molecule has 0 saturated carbocycles. The number of carbonyl (C=O) groups excluding carboxylic acids is 4. The van der Waals surface area contributed by atoms with Crippen molar-refractivity contribution < 1.29 is 119 Å². The average Bonchev–Trinajstić information content (AvgIpc) is 1.09. The number of esters is 4. The fourth-order valence-electron chi connectivity index (χ4n) is 7.25. The first-order valence-electron chi connectivity index (χ1n) is 28.8. The maximum Gasteiger partial charge on any atom is 0.339 e. The fourth-order valence-corrected chi connectivity index (χ4v) is 8.26. The highest BCUT2D eigenvalue weighted by molar-refractivity contribution is 9.10. The molecule has 3 rings (SSSR count). The van der Waals surface area contributed by atoms with E-state index in [1.165, 1.54) is 52.7 Å². The van der Waals surface area contributed by atoms with E-state index in [4.69, 9.17) is 99.5 Å². The van der Waals surface area contributed by atoms with Gasteiger partial charge in [-0.1, -0.05) is 24.3 Å². The molecule has 27 heteroatoms. The van der Waals surface area contributed by atoms with Crippen LogP contribution in [-0.2, 0) is 90.0 Å². The molecule has 0 aromatic heterocycles. The number of ether oxygens (including phenoxy) is 21. The minimum Gasteiger partial charge on any atom is -0.496 e. The van der Waals surface area contributed by atoms with Crippen LogP contribution in [0.3, 0.4) is 0 Å². The largest absolute Gasteiger partial charge is 0.496 e. The van der Waals surface area contributed by atoms with Gasteiger partial charge in [0.15, 0.2) is 0 Å². The summed E-state index contributed by atoms with van der Waals surface area (Å²) in [6.07, 6.45) is 6.63. The summed E-state index contributed by atoms with van der Waals surface area (Å²) in [4.78, 5) is 53.5. The van der Waals surface area contributed by atoms with Crippen LogP contribution in [0, 0.1) is 0 Å². The Morgan fingerprint density at radius 2 is 0.517 bits per heavy atom.